The van der Waals surface area contributed by atoms with E-state index in [2.05, 4.69) is 20.4 Å². The maximum absolute atomic E-state index is 12.3. The summed E-state index contributed by atoms with van der Waals surface area (Å²) in [6.45, 7) is 4.04. The van der Waals surface area contributed by atoms with Gasteiger partial charge >= 0.3 is 0 Å². The Labute approximate surface area is 167 Å². The van der Waals surface area contributed by atoms with Crippen molar-refractivity contribution in [3.8, 4) is 5.69 Å². The largest absolute Gasteiger partial charge is 0.325 e. The first kappa shape index (κ1) is 18.2. The lowest BCUT2D eigenvalue weighted by Gasteiger charge is -2.06. The fourth-order valence-electron chi connectivity index (χ4n) is 2.87. The van der Waals surface area contributed by atoms with Crippen molar-refractivity contribution in [3.05, 3.63) is 72.2 Å². The summed E-state index contributed by atoms with van der Waals surface area (Å²) < 4.78 is 1.79. The summed E-state index contributed by atoms with van der Waals surface area (Å²) in [5.41, 5.74) is 4.75. The quantitative estimate of drug-likeness (QED) is 0.410. The van der Waals surface area contributed by atoms with Crippen molar-refractivity contribution < 1.29 is 4.79 Å². The number of carbonyl (C=O) groups is 1. The van der Waals surface area contributed by atoms with E-state index in [1.807, 2.05) is 62.4 Å². The van der Waals surface area contributed by atoms with Gasteiger partial charge in [0.25, 0.3) is 0 Å². The smallest absolute Gasteiger partial charge is 0.234 e. The lowest BCUT2D eigenvalue weighted by atomic mass is 10.2. The number of aryl methyl sites for hydroxylation is 2. The fourth-order valence-corrected chi connectivity index (χ4v) is 3.63. The molecule has 2 aromatic carbocycles. The molecule has 7 heteroatoms. The van der Waals surface area contributed by atoms with Crippen LogP contribution in [0.5, 0.6) is 0 Å². The number of nitrogens with zero attached hydrogens (tertiary/aromatic N) is 4. The van der Waals surface area contributed by atoms with Crippen molar-refractivity contribution in [1.82, 2.24) is 19.7 Å². The molecule has 1 N–H and O–H groups in total. The highest BCUT2D eigenvalue weighted by atomic mass is 32.2. The Bertz CT molecular complexity index is 1140. The van der Waals surface area contributed by atoms with Crippen molar-refractivity contribution in [2.75, 3.05) is 11.1 Å². The predicted molar refractivity (Wildman–Crippen MR) is 112 cm³/mol. The minimum Gasteiger partial charge on any atom is -0.325 e. The van der Waals surface area contributed by atoms with Crippen molar-refractivity contribution in [2.24, 2.45) is 0 Å². The number of hydrogen-bond acceptors (Lipinski definition) is 5. The number of carbonyl (C=O) groups excluding carboxylic acids is 1. The summed E-state index contributed by atoms with van der Waals surface area (Å²) in [5, 5.41) is 8.94. The van der Waals surface area contributed by atoms with E-state index in [1.54, 1.807) is 10.9 Å². The highest BCUT2D eigenvalue weighted by molar-refractivity contribution is 8.00. The molecule has 0 fully saturated rings. The number of benzene rings is 2. The van der Waals surface area contributed by atoms with Gasteiger partial charge in [-0.25, -0.2) is 14.6 Å². The molecule has 0 spiro atoms. The zero-order chi connectivity index (χ0) is 19.5. The van der Waals surface area contributed by atoms with Crippen LogP contribution in [0.3, 0.4) is 0 Å². The molecule has 0 saturated carbocycles. The minimum absolute atomic E-state index is 0.0757. The molecule has 4 rings (SSSR count). The van der Waals surface area contributed by atoms with Gasteiger partial charge in [0.1, 0.15) is 11.4 Å². The Balaban J connectivity index is 1.51. The van der Waals surface area contributed by atoms with Crippen LogP contribution < -0.4 is 5.32 Å². The van der Waals surface area contributed by atoms with Gasteiger partial charge in [-0.1, -0.05) is 41.6 Å². The van der Waals surface area contributed by atoms with Crippen LogP contribution in [0.15, 0.2) is 66.1 Å². The third kappa shape index (κ3) is 3.89. The van der Waals surface area contributed by atoms with Gasteiger partial charge in [-0.2, -0.15) is 5.10 Å². The van der Waals surface area contributed by atoms with Crippen LogP contribution in [-0.2, 0) is 4.79 Å². The van der Waals surface area contributed by atoms with Gasteiger partial charge < -0.3 is 5.32 Å². The Kier molecular flexibility index (Phi) is 5.08. The normalized spacial score (nSPS) is 10.9. The van der Waals surface area contributed by atoms with E-state index >= 15 is 0 Å². The number of aromatic nitrogens is 4. The van der Waals surface area contributed by atoms with E-state index < -0.39 is 0 Å². The molecule has 4 aromatic rings. The van der Waals surface area contributed by atoms with Gasteiger partial charge in [0, 0.05) is 5.69 Å². The Morgan fingerprint density at radius 1 is 1.07 bits per heavy atom. The predicted octanol–water partition coefficient (Wildman–Crippen LogP) is 4.16. The molecule has 2 heterocycles. The summed E-state index contributed by atoms with van der Waals surface area (Å²) in [4.78, 5) is 21.0. The first-order chi connectivity index (χ1) is 13.6. The average molecular weight is 389 g/mol. The van der Waals surface area contributed by atoms with Gasteiger partial charge in [0.15, 0.2) is 5.65 Å². The Morgan fingerprint density at radius 3 is 2.68 bits per heavy atom. The third-order valence-electron chi connectivity index (χ3n) is 4.25. The van der Waals surface area contributed by atoms with Crippen LogP contribution >= 0.6 is 11.8 Å². The number of fused-ring (bicyclic) bond motifs is 1. The molecule has 28 heavy (non-hydrogen) atoms. The maximum Gasteiger partial charge on any atom is 0.234 e. The van der Waals surface area contributed by atoms with E-state index in [0.29, 0.717) is 0 Å². The molecule has 0 atom stereocenters. The van der Waals surface area contributed by atoms with Crippen molar-refractivity contribution in [1.29, 1.82) is 0 Å². The second kappa shape index (κ2) is 7.82. The van der Waals surface area contributed by atoms with E-state index in [-0.39, 0.29) is 11.7 Å². The lowest BCUT2D eigenvalue weighted by Crippen LogP contribution is -2.14. The number of hydrogen-bond donors (Lipinski definition) is 1. The first-order valence-corrected chi connectivity index (χ1v) is 9.84. The highest BCUT2D eigenvalue weighted by Gasteiger charge is 2.13. The zero-order valence-electron chi connectivity index (χ0n) is 15.6. The summed E-state index contributed by atoms with van der Waals surface area (Å²) in [5.74, 6) is 0.184. The summed E-state index contributed by atoms with van der Waals surface area (Å²) in [6.07, 6.45) is 3.26. The minimum atomic E-state index is -0.0757. The Morgan fingerprint density at radius 2 is 1.89 bits per heavy atom. The molecule has 0 unspecified atom stereocenters. The van der Waals surface area contributed by atoms with Gasteiger partial charge in [-0.15, -0.1) is 0 Å². The molecule has 0 saturated heterocycles. The molecular formula is C21H19N5OS. The topological polar surface area (TPSA) is 72.7 Å². The molecular weight excluding hydrogens is 370 g/mol. The summed E-state index contributed by atoms with van der Waals surface area (Å²) >= 11 is 1.38. The van der Waals surface area contributed by atoms with Crippen LogP contribution in [-0.4, -0.2) is 31.4 Å². The molecule has 6 nitrogen and oxygen atoms in total. The summed E-state index contributed by atoms with van der Waals surface area (Å²) in [7, 11) is 0. The number of thioether (sulfide) groups is 1. The SMILES string of the molecule is Cc1ccc(-n2ncc3c(SCC(=O)Nc4cccc(C)c4)ncnc32)cc1. The van der Waals surface area contributed by atoms with Crippen LogP contribution in [0.25, 0.3) is 16.7 Å². The number of anilines is 1. The van der Waals surface area contributed by atoms with Crippen LogP contribution in [0, 0.1) is 13.8 Å². The second-order valence-electron chi connectivity index (χ2n) is 6.51. The number of nitrogens with one attached hydrogen (secondary N) is 1. The van der Waals surface area contributed by atoms with Crippen LogP contribution in [0.1, 0.15) is 11.1 Å². The van der Waals surface area contributed by atoms with Crippen LogP contribution in [0.4, 0.5) is 5.69 Å². The molecule has 0 radical (unpaired) electrons. The van der Waals surface area contributed by atoms with Crippen molar-refractivity contribution >= 4 is 34.4 Å². The first-order valence-electron chi connectivity index (χ1n) is 8.85. The molecule has 0 aliphatic heterocycles. The molecule has 0 aliphatic rings. The molecule has 0 aliphatic carbocycles. The van der Waals surface area contributed by atoms with Gasteiger partial charge in [0.2, 0.25) is 5.91 Å². The molecule has 140 valence electrons. The molecule has 2 aromatic heterocycles. The van der Waals surface area contributed by atoms with E-state index in [9.17, 15) is 4.79 Å². The molecule has 1 amide bonds. The van der Waals surface area contributed by atoms with Gasteiger partial charge in [0.05, 0.1) is 23.0 Å². The monoisotopic (exact) mass is 389 g/mol. The highest BCUT2D eigenvalue weighted by Crippen LogP contribution is 2.26. The second-order valence-corrected chi connectivity index (χ2v) is 7.48. The van der Waals surface area contributed by atoms with E-state index in [1.165, 1.54) is 23.7 Å². The van der Waals surface area contributed by atoms with Gasteiger partial charge in [-0.05, 0) is 43.7 Å². The van der Waals surface area contributed by atoms with Crippen LogP contribution in [0.2, 0.25) is 0 Å². The average Bonchev–Trinajstić information content (AvgIpc) is 3.12. The van der Waals surface area contributed by atoms with Crippen molar-refractivity contribution in [3.63, 3.8) is 0 Å². The van der Waals surface area contributed by atoms with Gasteiger partial charge in [-0.3, -0.25) is 4.79 Å². The van der Waals surface area contributed by atoms with E-state index in [4.69, 9.17) is 0 Å². The Hall–Kier alpha value is -3.19. The number of amides is 1. The standard InChI is InChI=1S/C21H19N5OS/c1-14-6-8-17(9-7-14)26-20-18(11-24-26)21(23-13-22-20)28-12-19(27)25-16-5-3-4-15(2)10-16/h3-11,13H,12H2,1-2H3,(H,25,27). The summed E-state index contributed by atoms with van der Waals surface area (Å²) in [6, 6.07) is 15.8. The lowest BCUT2D eigenvalue weighted by molar-refractivity contribution is -0.113. The maximum atomic E-state index is 12.3. The van der Waals surface area contributed by atoms with Crippen molar-refractivity contribution in [2.45, 2.75) is 18.9 Å². The third-order valence-corrected chi connectivity index (χ3v) is 5.25. The van der Waals surface area contributed by atoms with E-state index in [0.717, 1.165) is 33.0 Å². The zero-order valence-corrected chi connectivity index (χ0v) is 16.4. The molecule has 0 bridgehead atoms. The number of rotatable bonds is 5. The fraction of sp³-hybridized carbons (Fsp3) is 0.143.